The van der Waals surface area contributed by atoms with E-state index in [4.69, 9.17) is 11.6 Å². The first kappa shape index (κ1) is 14.9. The lowest BCUT2D eigenvalue weighted by molar-refractivity contribution is 0.507. The van der Waals surface area contributed by atoms with E-state index in [-0.39, 0.29) is 11.9 Å². The monoisotopic (exact) mass is 292 g/mol. The van der Waals surface area contributed by atoms with E-state index in [1.54, 1.807) is 12.3 Å². The third kappa shape index (κ3) is 3.56. The van der Waals surface area contributed by atoms with Gasteiger partial charge in [-0.15, -0.1) is 0 Å². The molecule has 4 heteroatoms. The molecular formula is C16H18ClFN2. The lowest BCUT2D eigenvalue weighted by Crippen LogP contribution is -2.24. The molecule has 0 fully saturated rings. The van der Waals surface area contributed by atoms with Gasteiger partial charge in [-0.3, -0.25) is 4.98 Å². The van der Waals surface area contributed by atoms with Gasteiger partial charge in [-0.25, -0.2) is 4.39 Å². The molecule has 0 bridgehead atoms. The van der Waals surface area contributed by atoms with Crippen molar-refractivity contribution in [2.24, 2.45) is 0 Å². The number of hydrogen-bond acceptors (Lipinski definition) is 2. The number of rotatable bonds is 5. The van der Waals surface area contributed by atoms with E-state index in [0.717, 1.165) is 22.7 Å². The molecule has 0 aliphatic carbocycles. The smallest absolute Gasteiger partial charge is 0.146 e. The summed E-state index contributed by atoms with van der Waals surface area (Å²) in [6.07, 6.45) is 3.50. The fourth-order valence-corrected chi connectivity index (χ4v) is 2.56. The Morgan fingerprint density at radius 3 is 2.80 bits per heavy atom. The van der Waals surface area contributed by atoms with Crippen molar-refractivity contribution in [1.82, 2.24) is 10.3 Å². The first-order valence-electron chi connectivity index (χ1n) is 6.69. The molecule has 2 rings (SSSR count). The van der Waals surface area contributed by atoms with Crippen molar-refractivity contribution in [3.8, 4) is 0 Å². The van der Waals surface area contributed by atoms with Crippen LogP contribution in [0.25, 0.3) is 0 Å². The standard InChI is InChI=1S/C16H18ClFN2/c1-3-20-16(13-6-7-19-10-15(13)18)9-12-5-4-11(2)8-14(12)17/h4-8,10,16,20H,3,9H2,1-2H3. The normalized spacial score (nSPS) is 12.4. The van der Waals surface area contributed by atoms with Crippen LogP contribution in [0.3, 0.4) is 0 Å². The first-order valence-corrected chi connectivity index (χ1v) is 7.07. The molecule has 1 atom stereocenters. The largest absolute Gasteiger partial charge is 0.310 e. The molecule has 1 N–H and O–H groups in total. The van der Waals surface area contributed by atoms with Crippen LogP contribution in [0.5, 0.6) is 0 Å². The van der Waals surface area contributed by atoms with Gasteiger partial charge < -0.3 is 5.32 Å². The van der Waals surface area contributed by atoms with Crippen molar-refractivity contribution >= 4 is 11.6 Å². The van der Waals surface area contributed by atoms with E-state index in [9.17, 15) is 4.39 Å². The Morgan fingerprint density at radius 1 is 1.35 bits per heavy atom. The highest BCUT2D eigenvalue weighted by atomic mass is 35.5. The predicted molar refractivity (Wildman–Crippen MR) is 80.5 cm³/mol. The van der Waals surface area contributed by atoms with Gasteiger partial charge in [0.05, 0.1) is 6.20 Å². The maximum atomic E-state index is 13.9. The minimum atomic E-state index is -0.290. The van der Waals surface area contributed by atoms with E-state index in [0.29, 0.717) is 12.0 Å². The van der Waals surface area contributed by atoms with E-state index >= 15 is 0 Å². The van der Waals surface area contributed by atoms with Crippen molar-refractivity contribution in [3.63, 3.8) is 0 Å². The van der Waals surface area contributed by atoms with Gasteiger partial charge in [0.25, 0.3) is 0 Å². The number of halogens is 2. The zero-order valence-corrected chi connectivity index (χ0v) is 12.4. The Labute approximate surface area is 124 Å². The second-order valence-electron chi connectivity index (χ2n) is 4.81. The van der Waals surface area contributed by atoms with Gasteiger partial charge in [0, 0.05) is 22.8 Å². The zero-order valence-electron chi connectivity index (χ0n) is 11.7. The molecule has 0 saturated heterocycles. The fraction of sp³-hybridized carbons (Fsp3) is 0.312. The maximum Gasteiger partial charge on any atom is 0.146 e. The van der Waals surface area contributed by atoms with E-state index in [1.165, 1.54) is 6.20 Å². The summed E-state index contributed by atoms with van der Waals surface area (Å²) in [6, 6.07) is 7.56. The molecule has 1 aromatic carbocycles. The Kier molecular flexibility index (Phi) is 5.10. The molecule has 1 aromatic heterocycles. The van der Waals surface area contributed by atoms with Crippen LogP contribution in [0.1, 0.15) is 29.7 Å². The van der Waals surface area contributed by atoms with Crippen LogP contribution in [0.15, 0.2) is 36.7 Å². The molecule has 0 aliphatic heterocycles. The minimum Gasteiger partial charge on any atom is -0.310 e. The molecule has 1 unspecified atom stereocenters. The number of likely N-dealkylation sites (N-methyl/N-ethyl adjacent to an activating group) is 1. The Hall–Kier alpha value is -1.45. The quantitative estimate of drug-likeness (QED) is 0.898. The van der Waals surface area contributed by atoms with Crippen molar-refractivity contribution in [3.05, 3.63) is 64.2 Å². The molecular weight excluding hydrogens is 275 g/mol. The number of benzene rings is 1. The summed E-state index contributed by atoms with van der Waals surface area (Å²) in [7, 11) is 0. The van der Waals surface area contributed by atoms with E-state index in [2.05, 4.69) is 10.3 Å². The van der Waals surface area contributed by atoms with Crippen LogP contribution < -0.4 is 5.32 Å². The van der Waals surface area contributed by atoms with Gasteiger partial charge >= 0.3 is 0 Å². The third-order valence-corrected chi connectivity index (χ3v) is 3.61. The second-order valence-corrected chi connectivity index (χ2v) is 5.21. The molecule has 0 spiro atoms. The number of nitrogens with one attached hydrogen (secondary N) is 1. The summed E-state index contributed by atoms with van der Waals surface area (Å²) in [5, 5.41) is 4.03. The van der Waals surface area contributed by atoms with Crippen LogP contribution in [0.4, 0.5) is 4.39 Å². The van der Waals surface area contributed by atoms with Crippen molar-refractivity contribution in [2.75, 3.05) is 6.54 Å². The summed E-state index contributed by atoms with van der Waals surface area (Å²) in [6.45, 7) is 4.76. The highest BCUT2D eigenvalue weighted by Gasteiger charge is 2.16. The SMILES string of the molecule is CCNC(Cc1ccc(C)cc1Cl)c1ccncc1F. The van der Waals surface area contributed by atoms with Gasteiger partial charge in [-0.1, -0.05) is 30.7 Å². The van der Waals surface area contributed by atoms with E-state index < -0.39 is 0 Å². The van der Waals surface area contributed by atoms with Crippen LogP contribution in [0.2, 0.25) is 5.02 Å². The zero-order chi connectivity index (χ0) is 14.5. The predicted octanol–water partition coefficient (Wildman–Crippen LogP) is 4.08. The van der Waals surface area contributed by atoms with Crippen molar-refractivity contribution < 1.29 is 4.39 Å². The summed E-state index contributed by atoms with van der Waals surface area (Å²) in [5.41, 5.74) is 2.76. The lowest BCUT2D eigenvalue weighted by atomic mass is 9.98. The highest BCUT2D eigenvalue weighted by molar-refractivity contribution is 6.31. The number of hydrogen-bond donors (Lipinski definition) is 1. The third-order valence-electron chi connectivity index (χ3n) is 3.26. The minimum absolute atomic E-state index is 0.108. The van der Waals surface area contributed by atoms with Crippen LogP contribution in [-0.4, -0.2) is 11.5 Å². The van der Waals surface area contributed by atoms with Gasteiger partial charge in [0.2, 0.25) is 0 Å². The number of nitrogens with zero attached hydrogens (tertiary/aromatic N) is 1. The summed E-state index contributed by atoms with van der Waals surface area (Å²) < 4.78 is 13.9. The topological polar surface area (TPSA) is 24.9 Å². The van der Waals surface area contributed by atoms with Crippen LogP contribution in [0, 0.1) is 12.7 Å². The summed E-state index contributed by atoms with van der Waals surface area (Å²) in [5.74, 6) is -0.290. The number of aryl methyl sites for hydroxylation is 1. The summed E-state index contributed by atoms with van der Waals surface area (Å²) in [4.78, 5) is 3.79. The lowest BCUT2D eigenvalue weighted by Gasteiger charge is -2.19. The molecule has 0 radical (unpaired) electrons. The van der Waals surface area contributed by atoms with Gasteiger partial charge in [-0.05, 0) is 43.1 Å². The first-order chi connectivity index (χ1) is 9.61. The Morgan fingerprint density at radius 2 is 2.15 bits per heavy atom. The Bertz CT molecular complexity index is 586. The van der Waals surface area contributed by atoms with Crippen molar-refractivity contribution in [1.29, 1.82) is 0 Å². The molecule has 0 aliphatic rings. The number of pyridine rings is 1. The molecule has 1 heterocycles. The van der Waals surface area contributed by atoms with Crippen LogP contribution in [-0.2, 0) is 6.42 Å². The molecule has 2 nitrogen and oxygen atoms in total. The van der Waals surface area contributed by atoms with Gasteiger partial charge in [-0.2, -0.15) is 0 Å². The number of aromatic nitrogens is 1. The van der Waals surface area contributed by atoms with Gasteiger partial charge in [0.1, 0.15) is 5.82 Å². The van der Waals surface area contributed by atoms with E-state index in [1.807, 2.05) is 32.0 Å². The molecule has 2 aromatic rings. The average molecular weight is 293 g/mol. The molecule has 106 valence electrons. The Balaban J connectivity index is 2.28. The van der Waals surface area contributed by atoms with Crippen LogP contribution >= 0.6 is 11.6 Å². The maximum absolute atomic E-state index is 13.9. The van der Waals surface area contributed by atoms with Gasteiger partial charge in [0.15, 0.2) is 0 Å². The fourth-order valence-electron chi connectivity index (χ4n) is 2.24. The average Bonchev–Trinajstić information content (AvgIpc) is 2.42. The summed E-state index contributed by atoms with van der Waals surface area (Å²) >= 11 is 6.27. The molecule has 0 saturated carbocycles. The molecule has 0 amide bonds. The van der Waals surface area contributed by atoms with Crippen molar-refractivity contribution in [2.45, 2.75) is 26.3 Å². The second kappa shape index (κ2) is 6.82. The molecule has 20 heavy (non-hydrogen) atoms. The highest BCUT2D eigenvalue weighted by Crippen LogP contribution is 2.25.